The van der Waals surface area contributed by atoms with Crippen LogP contribution in [0.25, 0.3) is 0 Å². The minimum Gasteiger partial charge on any atom is -0.393 e. The lowest BCUT2D eigenvalue weighted by atomic mass is 9.86. The molecule has 2 rings (SSSR count). The third-order valence-electron chi connectivity index (χ3n) is 3.56. The van der Waals surface area contributed by atoms with Crippen molar-refractivity contribution in [2.75, 3.05) is 13.1 Å². The Hall–Kier alpha value is -0.610. The molecule has 0 heterocycles. The van der Waals surface area contributed by atoms with Crippen molar-refractivity contribution in [3.8, 4) is 0 Å². The number of aliphatic hydroxyl groups is 1. The molecule has 0 aromatic heterocycles. The summed E-state index contributed by atoms with van der Waals surface area (Å²) in [5.74, 6) is 0.901. The van der Waals surface area contributed by atoms with Crippen molar-refractivity contribution >= 4 is 5.91 Å². The van der Waals surface area contributed by atoms with Crippen LogP contribution >= 0.6 is 0 Å². The van der Waals surface area contributed by atoms with E-state index in [2.05, 4.69) is 5.32 Å². The van der Waals surface area contributed by atoms with E-state index < -0.39 is 0 Å². The van der Waals surface area contributed by atoms with Crippen LogP contribution in [0.5, 0.6) is 0 Å². The summed E-state index contributed by atoms with van der Waals surface area (Å²) in [6.45, 7) is 1.03. The maximum Gasteiger partial charge on any atom is 0.223 e. The van der Waals surface area contributed by atoms with Gasteiger partial charge in [0.1, 0.15) is 0 Å². The molecule has 2 aliphatic carbocycles. The number of rotatable bonds is 3. The van der Waals surface area contributed by atoms with Gasteiger partial charge in [0.2, 0.25) is 5.91 Å². The summed E-state index contributed by atoms with van der Waals surface area (Å²) >= 11 is 0. The molecule has 4 heteroatoms. The zero-order valence-electron chi connectivity index (χ0n) is 8.28. The molecule has 2 aliphatic rings. The van der Waals surface area contributed by atoms with Gasteiger partial charge in [0, 0.05) is 19.0 Å². The maximum absolute atomic E-state index is 11.7. The number of hydrogen-bond acceptors (Lipinski definition) is 3. The van der Waals surface area contributed by atoms with Crippen molar-refractivity contribution in [1.29, 1.82) is 0 Å². The summed E-state index contributed by atoms with van der Waals surface area (Å²) in [7, 11) is 0. The number of hydrogen-bond donors (Lipinski definition) is 3. The van der Waals surface area contributed by atoms with Gasteiger partial charge in [0.25, 0.3) is 0 Å². The topological polar surface area (TPSA) is 75.3 Å². The van der Waals surface area contributed by atoms with Crippen LogP contribution in [0.2, 0.25) is 0 Å². The van der Waals surface area contributed by atoms with Crippen molar-refractivity contribution in [1.82, 2.24) is 5.32 Å². The average molecular weight is 198 g/mol. The van der Waals surface area contributed by atoms with Crippen LogP contribution in [-0.2, 0) is 4.79 Å². The predicted molar refractivity (Wildman–Crippen MR) is 52.4 cm³/mol. The van der Waals surface area contributed by atoms with Gasteiger partial charge in [0.05, 0.1) is 6.10 Å². The van der Waals surface area contributed by atoms with Gasteiger partial charge in [-0.3, -0.25) is 4.79 Å². The second kappa shape index (κ2) is 3.87. The van der Waals surface area contributed by atoms with Gasteiger partial charge in [-0.1, -0.05) is 0 Å². The van der Waals surface area contributed by atoms with Crippen LogP contribution in [0.4, 0.5) is 0 Å². The average Bonchev–Trinajstić information content (AvgIpc) is 2.72. The van der Waals surface area contributed by atoms with E-state index in [0.29, 0.717) is 19.0 Å². The highest BCUT2D eigenvalue weighted by Gasteiger charge is 2.48. The van der Waals surface area contributed by atoms with E-state index in [0.717, 1.165) is 19.3 Å². The van der Waals surface area contributed by atoms with Gasteiger partial charge >= 0.3 is 0 Å². The molecule has 2 saturated carbocycles. The smallest absolute Gasteiger partial charge is 0.223 e. The molecule has 0 saturated heterocycles. The van der Waals surface area contributed by atoms with Gasteiger partial charge in [-0.15, -0.1) is 0 Å². The quantitative estimate of drug-likeness (QED) is 0.570. The molecule has 0 aliphatic heterocycles. The number of nitrogens with one attached hydrogen (secondary N) is 1. The predicted octanol–water partition coefficient (Wildman–Crippen LogP) is -0.532. The maximum atomic E-state index is 11.7. The third kappa shape index (κ3) is 1.64. The normalized spacial score (nSPS) is 40.1. The molecule has 0 radical (unpaired) electrons. The van der Waals surface area contributed by atoms with Crippen molar-refractivity contribution < 1.29 is 9.90 Å². The fourth-order valence-corrected chi connectivity index (χ4v) is 2.94. The van der Waals surface area contributed by atoms with Gasteiger partial charge in [-0.25, -0.2) is 0 Å². The molecular formula is C10H18N2O2. The van der Waals surface area contributed by atoms with E-state index >= 15 is 0 Å². The molecule has 0 aromatic rings. The molecule has 4 N–H and O–H groups in total. The molecule has 4 atom stereocenters. The summed E-state index contributed by atoms with van der Waals surface area (Å²) in [5, 5.41) is 12.5. The molecule has 0 spiro atoms. The Morgan fingerprint density at radius 2 is 2.21 bits per heavy atom. The zero-order chi connectivity index (χ0) is 10.1. The Bertz CT molecular complexity index is 232. The largest absolute Gasteiger partial charge is 0.393 e. The molecule has 1 amide bonds. The van der Waals surface area contributed by atoms with Crippen LogP contribution in [0, 0.1) is 17.8 Å². The lowest BCUT2D eigenvalue weighted by Gasteiger charge is -2.24. The zero-order valence-corrected chi connectivity index (χ0v) is 8.28. The summed E-state index contributed by atoms with van der Waals surface area (Å²) in [5.41, 5.74) is 5.31. The molecule has 4 nitrogen and oxygen atoms in total. The minimum atomic E-state index is -0.248. The highest BCUT2D eigenvalue weighted by molar-refractivity contribution is 5.79. The monoisotopic (exact) mass is 198 g/mol. The van der Waals surface area contributed by atoms with Crippen LogP contribution in [0.3, 0.4) is 0 Å². The van der Waals surface area contributed by atoms with Crippen molar-refractivity contribution in [3.63, 3.8) is 0 Å². The van der Waals surface area contributed by atoms with E-state index in [4.69, 9.17) is 5.73 Å². The molecule has 0 aromatic carbocycles. The first-order valence-corrected chi connectivity index (χ1v) is 5.38. The van der Waals surface area contributed by atoms with Crippen LogP contribution in [0.1, 0.15) is 19.3 Å². The molecule has 14 heavy (non-hydrogen) atoms. The summed E-state index contributed by atoms with van der Waals surface area (Å²) in [4.78, 5) is 11.7. The van der Waals surface area contributed by atoms with E-state index in [1.54, 1.807) is 0 Å². The minimum absolute atomic E-state index is 0.0373. The van der Waals surface area contributed by atoms with Crippen molar-refractivity contribution in [3.05, 3.63) is 0 Å². The first-order chi connectivity index (χ1) is 6.72. The number of aliphatic hydroxyl groups excluding tert-OH is 1. The van der Waals surface area contributed by atoms with Gasteiger partial charge in [-0.05, 0) is 31.1 Å². The van der Waals surface area contributed by atoms with Crippen LogP contribution in [-0.4, -0.2) is 30.2 Å². The molecule has 0 unspecified atom stereocenters. The molecule has 2 fully saturated rings. The SMILES string of the molecule is NCCNC(=O)[C@@H]1C[C@H]2C[C@@H]1[C@@H](O)C2. The van der Waals surface area contributed by atoms with E-state index in [1.807, 2.05) is 0 Å². The highest BCUT2D eigenvalue weighted by Crippen LogP contribution is 2.48. The standard InChI is InChI=1S/C10H18N2O2/c11-1-2-12-10(14)8-4-6-3-7(8)9(13)5-6/h6-9,13H,1-5,11H2,(H,12,14)/t6-,7+,8-,9+/m1/s1. The lowest BCUT2D eigenvalue weighted by molar-refractivity contribution is -0.128. The van der Waals surface area contributed by atoms with Crippen molar-refractivity contribution in [2.45, 2.75) is 25.4 Å². The van der Waals surface area contributed by atoms with Gasteiger partial charge in [0.15, 0.2) is 0 Å². The fraction of sp³-hybridized carbons (Fsp3) is 0.900. The first kappa shape index (κ1) is 9.93. The Morgan fingerprint density at radius 3 is 2.79 bits per heavy atom. The number of fused-ring (bicyclic) bond motifs is 2. The first-order valence-electron chi connectivity index (χ1n) is 5.38. The number of amides is 1. The molecule has 2 bridgehead atoms. The van der Waals surface area contributed by atoms with E-state index in [9.17, 15) is 9.90 Å². The van der Waals surface area contributed by atoms with Crippen molar-refractivity contribution in [2.24, 2.45) is 23.5 Å². The van der Waals surface area contributed by atoms with E-state index in [1.165, 1.54) is 0 Å². The molecule has 80 valence electrons. The summed E-state index contributed by atoms with van der Waals surface area (Å²) < 4.78 is 0. The number of carbonyl (C=O) groups is 1. The van der Waals surface area contributed by atoms with Crippen LogP contribution < -0.4 is 11.1 Å². The van der Waals surface area contributed by atoms with E-state index in [-0.39, 0.29) is 23.8 Å². The third-order valence-corrected chi connectivity index (χ3v) is 3.56. The Kier molecular flexibility index (Phi) is 2.74. The second-order valence-electron chi connectivity index (χ2n) is 4.49. The Labute approximate surface area is 83.9 Å². The van der Waals surface area contributed by atoms with Crippen LogP contribution in [0.15, 0.2) is 0 Å². The molecular weight excluding hydrogens is 180 g/mol. The summed E-state index contributed by atoms with van der Waals surface area (Å²) in [6, 6.07) is 0. The highest BCUT2D eigenvalue weighted by atomic mass is 16.3. The number of nitrogens with two attached hydrogens (primary N) is 1. The Morgan fingerprint density at radius 1 is 1.43 bits per heavy atom. The summed E-state index contributed by atoms with van der Waals surface area (Å²) in [6.07, 6.45) is 2.63. The van der Waals surface area contributed by atoms with Gasteiger partial charge < -0.3 is 16.2 Å². The fourth-order valence-electron chi connectivity index (χ4n) is 2.94. The number of carbonyl (C=O) groups excluding carboxylic acids is 1. The lowest BCUT2D eigenvalue weighted by Crippen LogP contribution is -2.39. The second-order valence-corrected chi connectivity index (χ2v) is 4.49. The Balaban J connectivity index is 1.90. The van der Waals surface area contributed by atoms with Gasteiger partial charge in [-0.2, -0.15) is 0 Å².